The number of allylic oxidation sites excluding steroid dienone is 3. The number of hydrogen-bond acceptors (Lipinski definition) is 3. The number of rotatable bonds is 10. The molecule has 4 heteroatoms. The van der Waals surface area contributed by atoms with Crippen molar-refractivity contribution in [3.63, 3.8) is 0 Å². The highest BCUT2D eigenvalue weighted by atomic mass is 16.6. The van der Waals surface area contributed by atoms with Crippen LogP contribution in [0.3, 0.4) is 0 Å². The van der Waals surface area contributed by atoms with Gasteiger partial charge in [-0.15, -0.1) is 0 Å². The topological polar surface area (TPSA) is 60.2 Å². The molecule has 1 aromatic carbocycles. The first-order valence-corrected chi connectivity index (χ1v) is 8.06. The number of Topliss-reactive ketones (excluding diaryl/α,β-unsaturated/α-hetero) is 1. The molecule has 0 aliphatic carbocycles. The third kappa shape index (κ3) is 6.32. The van der Waals surface area contributed by atoms with Gasteiger partial charge in [-0.25, -0.2) is 0 Å². The second-order valence-electron chi connectivity index (χ2n) is 6.24. The molecule has 0 spiro atoms. The smallest absolute Gasteiger partial charge is 0.211 e. The predicted molar refractivity (Wildman–Crippen MR) is 97.8 cm³/mol. The molecule has 0 N–H and O–H groups in total. The van der Waals surface area contributed by atoms with Gasteiger partial charge in [-0.2, -0.15) is 0 Å². The van der Waals surface area contributed by atoms with Crippen molar-refractivity contribution in [2.45, 2.75) is 26.7 Å². The van der Waals surface area contributed by atoms with Gasteiger partial charge in [-0.05, 0) is 23.5 Å². The number of carbonyl (C=O) groups is 1. The number of nitro groups is 1. The van der Waals surface area contributed by atoms with Crippen molar-refractivity contribution in [1.82, 2.24) is 0 Å². The first-order chi connectivity index (χ1) is 11.4. The summed E-state index contributed by atoms with van der Waals surface area (Å²) in [7, 11) is 0. The zero-order valence-corrected chi connectivity index (χ0v) is 14.4. The molecule has 0 saturated heterocycles. The summed E-state index contributed by atoms with van der Waals surface area (Å²) in [5, 5.41) is 10.9. The van der Waals surface area contributed by atoms with E-state index in [1.165, 1.54) is 5.56 Å². The van der Waals surface area contributed by atoms with Crippen LogP contribution in [0, 0.1) is 22.0 Å². The van der Waals surface area contributed by atoms with Crippen LogP contribution < -0.4 is 0 Å². The van der Waals surface area contributed by atoms with E-state index >= 15 is 0 Å². The average Bonchev–Trinajstić information content (AvgIpc) is 2.51. The van der Waals surface area contributed by atoms with Crippen molar-refractivity contribution in [3.05, 3.63) is 82.5 Å². The molecule has 1 aromatic rings. The monoisotopic (exact) mass is 327 g/mol. The summed E-state index contributed by atoms with van der Waals surface area (Å²) in [5.41, 5.74) is 2.42. The van der Waals surface area contributed by atoms with Crippen molar-refractivity contribution in [3.8, 4) is 0 Å². The summed E-state index contributed by atoms with van der Waals surface area (Å²) in [6.07, 6.45) is 5.81. The maximum absolute atomic E-state index is 12.5. The predicted octanol–water partition coefficient (Wildman–Crippen LogP) is 4.65. The highest BCUT2D eigenvalue weighted by molar-refractivity contribution is 5.96. The summed E-state index contributed by atoms with van der Waals surface area (Å²) >= 11 is 0. The van der Waals surface area contributed by atoms with E-state index in [0.29, 0.717) is 17.1 Å². The van der Waals surface area contributed by atoms with Crippen molar-refractivity contribution >= 4 is 5.78 Å². The Morgan fingerprint density at radius 3 is 2.33 bits per heavy atom. The van der Waals surface area contributed by atoms with E-state index in [2.05, 4.69) is 27.0 Å². The second kappa shape index (κ2) is 9.60. The van der Waals surface area contributed by atoms with E-state index < -0.39 is 10.8 Å². The molecule has 1 unspecified atom stereocenters. The number of carbonyl (C=O) groups excluding carboxylic acids is 1. The maximum Gasteiger partial charge on any atom is 0.211 e. The molecule has 0 bridgehead atoms. The van der Waals surface area contributed by atoms with Crippen LogP contribution in [0.15, 0.2) is 61.2 Å². The third-order valence-corrected chi connectivity index (χ3v) is 3.74. The standard InChI is InChI=1S/C20H25NO3/c1-5-7-17(6-2)19(14-21(23)24)13-20(22)18-10-8-16(9-11-18)12-15(3)4/h5-11,15,19H,1-2,12-14H2,3-4H3/b17-7+. The first kappa shape index (κ1) is 19.6. The van der Waals surface area contributed by atoms with Gasteiger partial charge >= 0.3 is 0 Å². The van der Waals surface area contributed by atoms with Crippen LogP contribution in [-0.4, -0.2) is 17.3 Å². The van der Waals surface area contributed by atoms with Gasteiger partial charge in [-0.1, -0.05) is 69.5 Å². The zero-order valence-electron chi connectivity index (χ0n) is 14.4. The molecule has 0 aliphatic heterocycles. The highest BCUT2D eigenvalue weighted by Crippen LogP contribution is 2.20. The Bertz CT molecular complexity index is 627. The van der Waals surface area contributed by atoms with Crippen molar-refractivity contribution in [2.75, 3.05) is 6.54 Å². The van der Waals surface area contributed by atoms with Gasteiger partial charge in [0.25, 0.3) is 0 Å². The van der Waals surface area contributed by atoms with E-state index in [9.17, 15) is 14.9 Å². The second-order valence-corrected chi connectivity index (χ2v) is 6.24. The summed E-state index contributed by atoms with van der Waals surface area (Å²) < 4.78 is 0. The van der Waals surface area contributed by atoms with E-state index in [-0.39, 0.29) is 18.7 Å². The molecule has 0 aliphatic rings. The fourth-order valence-corrected chi connectivity index (χ4v) is 2.61. The van der Waals surface area contributed by atoms with Gasteiger partial charge in [0.1, 0.15) is 0 Å². The van der Waals surface area contributed by atoms with E-state index in [1.54, 1.807) is 30.4 Å². The largest absolute Gasteiger partial charge is 0.294 e. The first-order valence-electron chi connectivity index (χ1n) is 8.06. The van der Waals surface area contributed by atoms with Crippen LogP contribution in [0.1, 0.15) is 36.2 Å². The van der Waals surface area contributed by atoms with Gasteiger partial charge in [0.05, 0.1) is 5.92 Å². The molecule has 0 fully saturated rings. The van der Waals surface area contributed by atoms with Crippen molar-refractivity contribution in [2.24, 2.45) is 11.8 Å². The van der Waals surface area contributed by atoms with E-state index in [4.69, 9.17) is 0 Å². The SMILES string of the molecule is C=C/C=C(\C=C)C(CC(=O)c1ccc(CC(C)C)cc1)C[N+](=O)[O-]. The molecule has 0 radical (unpaired) electrons. The Morgan fingerprint density at radius 2 is 1.88 bits per heavy atom. The van der Waals surface area contributed by atoms with Crippen molar-refractivity contribution in [1.29, 1.82) is 0 Å². The summed E-state index contributed by atoms with van der Waals surface area (Å²) in [5.74, 6) is -0.0525. The summed E-state index contributed by atoms with van der Waals surface area (Å²) in [6.45, 7) is 11.3. The van der Waals surface area contributed by atoms with Crippen LogP contribution >= 0.6 is 0 Å². The Morgan fingerprint density at radius 1 is 1.25 bits per heavy atom. The van der Waals surface area contributed by atoms with Crippen LogP contribution in [0.4, 0.5) is 0 Å². The number of ketones is 1. The molecular weight excluding hydrogens is 302 g/mol. The summed E-state index contributed by atoms with van der Waals surface area (Å²) in [4.78, 5) is 23.0. The van der Waals surface area contributed by atoms with Crippen LogP contribution in [0.25, 0.3) is 0 Å². The average molecular weight is 327 g/mol. The van der Waals surface area contributed by atoms with Crippen LogP contribution in [0.2, 0.25) is 0 Å². The molecule has 0 saturated carbocycles. The van der Waals surface area contributed by atoms with Crippen LogP contribution in [-0.2, 0) is 6.42 Å². The Hall–Kier alpha value is -2.49. The lowest BCUT2D eigenvalue weighted by atomic mass is 9.90. The van der Waals surface area contributed by atoms with Gasteiger partial charge in [-0.3, -0.25) is 14.9 Å². The molecule has 24 heavy (non-hydrogen) atoms. The lowest BCUT2D eigenvalue weighted by Gasteiger charge is -2.13. The van der Waals surface area contributed by atoms with Gasteiger partial charge in [0.2, 0.25) is 6.54 Å². The minimum atomic E-state index is -0.502. The third-order valence-electron chi connectivity index (χ3n) is 3.74. The quantitative estimate of drug-likeness (QED) is 0.272. The fourth-order valence-electron chi connectivity index (χ4n) is 2.61. The molecule has 0 amide bonds. The molecule has 0 heterocycles. The maximum atomic E-state index is 12.5. The fraction of sp³-hybridized carbons (Fsp3) is 0.350. The normalized spacial score (nSPS) is 12.7. The molecule has 128 valence electrons. The Kier molecular flexibility index (Phi) is 7.83. The molecule has 1 atom stereocenters. The van der Waals surface area contributed by atoms with Crippen molar-refractivity contribution < 1.29 is 9.72 Å². The number of benzene rings is 1. The number of hydrogen-bond donors (Lipinski definition) is 0. The minimum Gasteiger partial charge on any atom is -0.294 e. The molecule has 1 rings (SSSR count). The van der Waals surface area contributed by atoms with Gasteiger partial charge in [0, 0.05) is 16.9 Å². The molecular formula is C20H25NO3. The zero-order chi connectivity index (χ0) is 18.1. The van der Waals surface area contributed by atoms with Gasteiger partial charge in [0.15, 0.2) is 5.78 Å². The van der Waals surface area contributed by atoms with Crippen LogP contribution in [0.5, 0.6) is 0 Å². The number of nitrogens with zero attached hydrogens (tertiary/aromatic N) is 1. The molecule has 0 aromatic heterocycles. The van der Waals surface area contributed by atoms with Gasteiger partial charge < -0.3 is 0 Å². The highest BCUT2D eigenvalue weighted by Gasteiger charge is 2.22. The Balaban J connectivity index is 2.91. The minimum absolute atomic E-state index is 0.0796. The summed E-state index contributed by atoms with van der Waals surface area (Å²) in [6, 6.07) is 7.50. The van der Waals surface area contributed by atoms with E-state index in [0.717, 1.165) is 6.42 Å². The Labute approximate surface area is 143 Å². The lowest BCUT2D eigenvalue weighted by molar-refractivity contribution is -0.486. The lowest BCUT2D eigenvalue weighted by Crippen LogP contribution is -2.19. The molecule has 4 nitrogen and oxygen atoms in total. The van der Waals surface area contributed by atoms with E-state index in [1.807, 2.05) is 12.1 Å².